The Bertz CT molecular complexity index is 3210. The number of aryl methyl sites for hydroxylation is 6. The first-order chi connectivity index (χ1) is 49.5. The third-order valence-corrected chi connectivity index (χ3v) is 26.3. The highest BCUT2D eigenvalue weighted by atomic mass is 16.5. The molecule has 9 fully saturated rings. The van der Waals surface area contributed by atoms with Gasteiger partial charge < -0.3 is 27.9 Å². The van der Waals surface area contributed by atoms with Gasteiger partial charge in [0, 0.05) is 282 Å². The van der Waals surface area contributed by atoms with E-state index >= 15 is 0 Å². The highest BCUT2D eigenvalue weighted by Gasteiger charge is 2.35. The smallest absolute Gasteiger partial charge is 0.0594 e. The predicted molar refractivity (Wildman–Crippen MR) is 419 cm³/mol. The Morgan fingerprint density at radius 3 is 0.784 bits per heavy atom. The van der Waals surface area contributed by atoms with E-state index in [-0.39, 0.29) is 0 Å². The Morgan fingerprint density at radius 1 is 0.324 bits per heavy atom. The molecule has 12 heterocycles. The molecule has 0 radical (unpaired) electrons. The Kier molecular flexibility index (Phi) is 26.4. The van der Waals surface area contributed by atoms with Crippen molar-refractivity contribution in [2.75, 3.05) is 177 Å². The second kappa shape index (κ2) is 35.5. The number of rotatable bonds is 18. The first-order valence-corrected chi connectivity index (χ1v) is 41.2. The molecule has 102 heavy (non-hydrogen) atoms. The molecule has 564 valence electrons. The summed E-state index contributed by atoms with van der Waals surface area (Å²) in [5, 5.41) is 4.21. The number of aromatic nitrogens is 6. The molecular formula is C84H135N15O3. The van der Waals surface area contributed by atoms with Gasteiger partial charge in [0.2, 0.25) is 0 Å². The third-order valence-electron chi connectivity index (χ3n) is 26.3. The quantitative estimate of drug-likeness (QED) is 0.0814. The summed E-state index contributed by atoms with van der Waals surface area (Å²) >= 11 is 0. The molecule has 6 aliphatic heterocycles. The van der Waals surface area contributed by atoms with Crippen LogP contribution in [0.5, 0.6) is 0 Å². The van der Waals surface area contributed by atoms with Gasteiger partial charge in [-0.3, -0.25) is 59.1 Å². The van der Waals surface area contributed by atoms with E-state index in [2.05, 4.69) is 178 Å². The van der Waals surface area contributed by atoms with Crippen molar-refractivity contribution in [3.8, 4) is 0 Å². The molecule has 18 heteroatoms. The van der Waals surface area contributed by atoms with Crippen molar-refractivity contribution in [1.29, 1.82) is 0 Å². The Balaban J connectivity index is 0.000000137. The molecule has 0 aromatic carbocycles. The Hall–Kier alpha value is -4.41. The third kappa shape index (κ3) is 18.6. The number of hydrogen-bond acceptors (Lipinski definition) is 15. The molecule has 0 unspecified atom stereocenters. The molecule has 6 saturated heterocycles. The maximum absolute atomic E-state index is 5.52. The number of piperazine rings is 3. The predicted octanol–water partition coefficient (Wildman–Crippen LogP) is 11.4. The molecule has 0 N–H and O–H groups in total. The van der Waals surface area contributed by atoms with Crippen molar-refractivity contribution < 1.29 is 14.2 Å². The molecule has 3 saturated carbocycles. The van der Waals surface area contributed by atoms with Crippen LogP contribution in [0.1, 0.15) is 188 Å². The van der Waals surface area contributed by atoms with Crippen LogP contribution < -0.4 is 0 Å². The molecule has 18 nitrogen and oxygen atoms in total. The molecule has 6 aromatic rings. The minimum Gasteiger partial charge on any atom is -0.379 e. The standard InChI is InChI=1S/3C28H45N5O/c3*1-21(2)32-11-13-33(14-12-32)24-7-5-23(6-8-24)28-26-20-25(9-10-31-15-17-34-18-16-31)30(4)27(26)19-22(3)29-28/h3*19-21,23-24H,5-18H2,1-4H3. The van der Waals surface area contributed by atoms with Gasteiger partial charge >= 0.3 is 0 Å². The van der Waals surface area contributed by atoms with Crippen LogP contribution >= 0.6 is 0 Å². The van der Waals surface area contributed by atoms with Crippen molar-refractivity contribution in [3.05, 3.63) is 87.6 Å². The molecule has 0 amide bonds. The van der Waals surface area contributed by atoms with E-state index in [1.807, 2.05) is 0 Å². The molecule has 0 bridgehead atoms. The van der Waals surface area contributed by atoms with E-state index < -0.39 is 0 Å². The number of ether oxygens (including phenoxy) is 3. The van der Waals surface area contributed by atoms with Crippen molar-refractivity contribution in [1.82, 2.24) is 72.8 Å². The van der Waals surface area contributed by atoms with E-state index in [9.17, 15) is 0 Å². The van der Waals surface area contributed by atoms with Crippen LogP contribution in [0.15, 0.2) is 36.4 Å². The first-order valence-electron chi connectivity index (χ1n) is 41.2. The van der Waals surface area contributed by atoms with Crippen molar-refractivity contribution in [2.24, 2.45) is 21.1 Å². The Labute approximate surface area is 615 Å². The van der Waals surface area contributed by atoms with E-state index in [1.54, 1.807) is 0 Å². The number of nitrogens with zero attached hydrogens (tertiary/aromatic N) is 15. The zero-order valence-corrected chi connectivity index (χ0v) is 65.8. The summed E-state index contributed by atoms with van der Waals surface area (Å²) in [6.45, 7) is 50.3. The summed E-state index contributed by atoms with van der Waals surface area (Å²) in [6.07, 6.45) is 18.9. The van der Waals surface area contributed by atoms with Gasteiger partial charge in [0.1, 0.15) is 0 Å². The molecule has 6 aromatic heterocycles. The number of pyridine rings is 3. The molecule has 3 aliphatic carbocycles. The lowest BCUT2D eigenvalue weighted by molar-refractivity contribution is 0.0382. The lowest BCUT2D eigenvalue weighted by Gasteiger charge is -2.43. The van der Waals surface area contributed by atoms with Crippen LogP contribution in [-0.2, 0) is 54.6 Å². The largest absolute Gasteiger partial charge is 0.379 e. The maximum atomic E-state index is 5.52. The minimum atomic E-state index is 0.602. The van der Waals surface area contributed by atoms with Gasteiger partial charge in [-0.25, -0.2) is 0 Å². The summed E-state index contributed by atoms with van der Waals surface area (Å²) in [5.41, 5.74) is 16.0. The summed E-state index contributed by atoms with van der Waals surface area (Å²) in [7, 11) is 6.73. The zero-order valence-electron chi connectivity index (χ0n) is 65.8. The summed E-state index contributed by atoms with van der Waals surface area (Å²) in [5.74, 6) is 1.81. The molecule has 0 spiro atoms. The second-order valence-corrected chi connectivity index (χ2v) is 33.5. The van der Waals surface area contributed by atoms with Crippen molar-refractivity contribution in [3.63, 3.8) is 0 Å². The summed E-state index contributed by atoms with van der Waals surface area (Å²) < 4.78 is 23.8. The van der Waals surface area contributed by atoms with Crippen LogP contribution in [-0.4, -0.2) is 286 Å². The fourth-order valence-electron chi connectivity index (χ4n) is 19.5. The van der Waals surface area contributed by atoms with Crippen LogP contribution in [0.4, 0.5) is 0 Å². The highest BCUT2D eigenvalue weighted by molar-refractivity contribution is 5.86. The fraction of sp³-hybridized carbons (Fsp3) is 0.750. The van der Waals surface area contributed by atoms with Crippen LogP contribution in [0, 0.1) is 20.8 Å². The highest BCUT2D eigenvalue weighted by Crippen LogP contribution is 2.42. The van der Waals surface area contributed by atoms with E-state index in [4.69, 9.17) is 29.2 Å². The molecule has 0 atom stereocenters. The van der Waals surface area contributed by atoms with Gasteiger partial charge in [0.25, 0.3) is 0 Å². The van der Waals surface area contributed by atoms with Crippen LogP contribution in [0.2, 0.25) is 0 Å². The van der Waals surface area contributed by atoms with Gasteiger partial charge in [-0.05, 0) is 176 Å². The lowest BCUT2D eigenvalue weighted by atomic mass is 9.82. The Morgan fingerprint density at radius 2 is 0.559 bits per heavy atom. The number of fused-ring (bicyclic) bond motifs is 3. The monoisotopic (exact) mass is 1400 g/mol. The minimum absolute atomic E-state index is 0.602. The lowest BCUT2D eigenvalue weighted by Crippen LogP contribution is -2.52. The normalized spacial score (nSPS) is 26.0. The SMILES string of the molecule is Cc1cc2c(cc(CCN3CCOCC3)n2C)c(C2CCC(N3CCN(C(C)C)CC3)CC2)n1.Cc1cc2c(cc(CCN3CCOCC3)n2C)c(C2CCC(N3CCN(C(C)C)CC3)CC2)n1.Cc1cc2c(cc(CCN3CCOCC3)n2C)c(C2CCC(N3CCN(C(C)C)CC3)CC2)n1. The topological polar surface area (TPSA) is 110 Å². The van der Waals surface area contributed by atoms with E-state index in [0.717, 1.165) is 153 Å². The van der Waals surface area contributed by atoms with Gasteiger partial charge in [0.05, 0.1) is 73.3 Å². The molecule has 15 rings (SSSR count). The maximum Gasteiger partial charge on any atom is 0.0594 e. The van der Waals surface area contributed by atoms with Gasteiger partial charge in [-0.2, -0.15) is 0 Å². The zero-order chi connectivity index (χ0) is 71.0. The van der Waals surface area contributed by atoms with Gasteiger partial charge in [-0.1, -0.05) is 0 Å². The summed E-state index contributed by atoms with van der Waals surface area (Å²) in [4.78, 5) is 39.2. The first kappa shape index (κ1) is 75.8. The van der Waals surface area contributed by atoms with Gasteiger partial charge in [0.15, 0.2) is 0 Å². The van der Waals surface area contributed by atoms with Crippen molar-refractivity contribution >= 4 is 32.7 Å². The fourth-order valence-corrected chi connectivity index (χ4v) is 19.5. The van der Waals surface area contributed by atoms with E-state index in [0.29, 0.717) is 35.9 Å². The van der Waals surface area contributed by atoms with Crippen LogP contribution in [0.3, 0.4) is 0 Å². The van der Waals surface area contributed by atoms with Gasteiger partial charge in [-0.15, -0.1) is 0 Å². The average molecular weight is 1400 g/mol. The van der Waals surface area contributed by atoms with Crippen LogP contribution in [0.25, 0.3) is 32.7 Å². The summed E-state index contributed by atoms with van der Waals surface area (Å²) in [6, 6.07) is 18.6. The number of hydrogen-bond donors (Lipinski definition) is 0. The van der Waals surface area contributed by atoms with E-state index in [1.165, 1.54) is 222 Å². The number of morpholine rings is 3. The van der Waals surface area contributed by atoms with Crippen molar-refractivity contribution in [2.45, 2.75) is 213 Å². The molecular weight excluding hydrogens is 1270 g/mol. The molecule has 9 aliphatic rings. The average Bonchev–Trinajstić information content (AvgIpc) is 1.61. The second-order valence-electron chi connectivity index (χ2n) is 33.5.